The minimum absolute atomic E-state index is 0.160. The smallest absolute Gasteiger partial charge is 0.0595 e. The first-order chi connectivity index (χ1) is 8.16. The molecular formula is C14H18Cl2O. The molecule has 2 rings (SSSR count). The van der Waals surface area contributed by atoms with Gasteiger partial charge < -0.3 is 5.11 Å². The summed E-state index contributed by atoms with van der Waals surface area (Å²) in [5.74, 6) is 0.370. The third kappa shape index (κ3) is 3.61. The molecule has 0 heterocycles. The van der Waals surface area contributed by atoms with E-state index < -0.39 is 0 Å². The van der Waals surface area contributed by atoms with Gasteiger partial charge in [-0.25, -0.2) is 0 Å². The largest absolute Gasteiger partial charge is 0.393 e. The third-order valence-corrected chi connectivity index (χ3v) is 4.34. The Hall–Kier alpha value is -0.240. The van der Waals surface area contributed by atoms with Crippen LogP contribution in [-0.4, -0.2) is 11.2 Å². The van der Waals surface area contributed by atoms with E-state index in [1.54, 1.807) is 0 Å². The van der Waals surface area contributed by atoms with E-state index >= 15 is 0 Å². The van der Waals surface area contributed by atoms with E-state index in [0.717, 1.165) is 25.7 Å². The van der Waals surface area contributed by atoms with Crippen molar-refractivity contribution in [3.8, 4) is 0 Å². The molecule has 2 unspecified atom stereocenters. The van der Waals surface area contributed by atoms with Crippen molar-refractivity contribution in [3.63, 3.8) is 0 Å². The third-order valence-electron chi connectivity index (χ3n) is 3.60. The van der Waals surface area contributed by atoms with E-state index in [-0.39, 0.29) is 6.10 Å². The van der Waals surface area contributed by atoms with Crippen LogP contribution in [0.2, 0.25) is 10.0 Å². The van der Waals surface area contributed by atoms with E-state index in [1.807, 2.05) is 18.2 Å². The van der Waals surface area contributed by atoms with E-state index in [2.05, 4.69) is 0 Å². The molecule has 1 nitrogen and oxygen atoms in total. The highest BCUT2D eigenvalue weighted by Gasteiger charge is 2.21. The van der Waals surface area contributed by atoms with Crippen LogP contribution >= 0.6 is 23.2 Å². The highest BCUT2D eigenvalue weighted by molar-refractivity contribution is 6.42. The summed E-state index contributed by atoms with van der Waals surface area (Å²) in [4.78, 5) is 0. The second kappa shape index (κ2) is 6.08. The summed E-state index contributed by atoms with van der Waals surface area (Å²) in [5.41, 5.74) is 1.17. The van der Waals surface area contributed by atoms with Gasteiger partial charge in [0.25, 0.3) is 0 Å². The van der Waals surface area contributed by atoms with E-state index in [4.69, 9.17) is 23.2 Å². The molecule has 0 aliphatic heterocycles. The molecule has 0 amide bonds. The van der Waals surface area contributed by atoms with Gasteiger partial charge in [0.1, 0.15) is 0 Å². The first-order valence-corrected chi connectivity index (χ1v) is 7.04. The maximum absolute atomic E-state index is 10.1. The second-order valence-corrected chi connectivity index (χ2v) is 5.73. The van der Waals surface area contributed by atoms with Gasteiger partial charge in [-0.3, -0.25) is 0 Å². The van der Waals surface area contributed by atoms with Gasteiger partial charge in [-0.2, -0.15) is 0 Å². The van der Waals surface area contributed by atoms with Crippen LogP contribution in [0.5, 0.6) is 0 Å². The van der Waals surface area contributed by atoms with Gasteiger partial charge in [0, 0.05) is 0 Å². The van der Waals surface area contributed by atoms with Crippen molar-refractivity contribution in [1.29, 1.82) is 0 Å². The fraction of sp³-hybridized carbons (Fsp3) is 0.571. The fourth-order valence-corrected chi connectivity index (χ4v) is 2.89. The molecule has 1 fully saturated rings. The monoisotopic (exact) mass is 272 g/mol. The standard InChI is InChI=1S/C14H18Cl2O/c15-12-7-6-10(9-13(12)16)8-11-4-2-1-3-5-14(11)17/h6-7,9,11,14,17H,1-5,8H2. The minimum atomic E-state index is -0.160. The molecule has 1 aliphatic carbocycles. The molecule has 1 N–H and O–H groups in total. The van der Waals surface area contributed by atoms with E-state index in [1.165, 1.54) is 18.4 Å². The van der Waals surface area contributed by atoms with Crippen LogP contribution in [0, 0.1) is 5.92 Å². The number of aliphatic hydroxyl groups is 1. The summed E-state index contributed by atoms with van der Waals surface area (Å²) < 4.78 is 0. The first-order valence-electron chi connectivity index (χ1n) is 6.29. The molecule has 1 aromatic carbocycles. The van der Waals surface area contributed by atoms with Gasteiger partial charge in [-0.15, -0.1) is 0 Å². The second-order valence-electron chi connectivity index (χ2n) is 4.92. The van der Waals surface area contributed by atoms with E-state index in [0.29, 0.717) is 16.0 Å². The van der Waals surface area contributed by atoms with Crippen LogP contribution in [-0.2, 0) is 6.42 Å². The lowest BCUT2D eigenvalue weighted by atomic mass is 9.90. The zero-order valence-electron chi connectivity index (χ0n) is 9.83. The molecule has 0 bridgehead atoms. The Balaban J connectivity index is 2.05. The summed E-state index contributed by atoms with van der Waals surface area (Å²) in [6.45, 7) is 0. The Morgan fingerprint density at radius 2 is 1.82 bits per heavy atom. The summed E-state index contributed by atoms with van der Waals surface area (Å²) in [5, 5.41) is 11.3. The molecule has 0 aromatic heterocycles. The number of rotatable bonds is 2. The molecule has 2 atom stereocenters. The average Bonchev–Trinajstić information content (AvgIpc) is 2.50. The van der Waals surface area contributed by atoms with Crippen molar-refractivity contribution in [2.75, 3.05) is 0 Å². The van der Waals surface area contributed by atoms with Crippen molar-refractivity contribution in [3.05, 3.63) is 33.8 Å². The lowest BCUT2D eigenvalue weighted by molar-refractivity contribution is 0.101. The van der Waals surface area contributed by atoms with Crippen molar-refractivity contribution in [2.45, 2.75) is 44.6 Å². The zero-order chi connectivity index (χ0) is 12.3. The molecule has 1 saturated carbocycles. The van der Waals surface area contributed by atoms with Crippen molar-refractivity contribution in [2.24, 2.45) is 5.92 Å². The van der Waals surface area contributed by atoms with Crippen molar-refractivity contribution >= 4 is 23.2 Å². The van der Waals surface area contributed by atoms with Gasteiger partial charge in [0.2, 0.25) is 0 Å². The molecular weight excluding hydrogens is 255 g/mol. The van der Waals surface area contributed by atoms with Crippen molar-refractivity contribution < 1.29 is 5.11 Å². The molecule has 0 saturated heterocycles. The molecule has 0 spiro atoms. The number of hydrogen-bond acceptors (Lipinski definition) is 1. The molecule has 94 valence electrons. The number of halogens is 2. The molecule has 17 heavy (non-hydrogen) atoms. The maximum Gasteiger partial charge on any atom is 0.0595 e. The van der Waals surface area contributed by atoms with Crippen molar-refractivity contribution in [1.82, 2.24) is 0 Å². The predicted molar refractivity (Wildman–Crippen MR) is 72.7 cm³/mol. The quantitative estimate of drug-likeness (QED) is 0.788. The summed E-state index contributed by atoms with van der Waals surface area (Å²) in [6, 6.07) is 5.76. The summed E-state index contributed by atoms with van der Waals surface area (Å²) >= 11 is 11.9. The topological polar surface area (TPSA) is 20.2 Å². The van der Waals surface area contributed by atoms with Gasteiger partial charge >= 0.3 is 0 Å². The summed E-state index contributed by atoms with van der Waals surface area (Å²) in [7, 11) is 0. The van der Waals surface area contributed by atoms with E-state index in [9.17, 15) is 5.11 Å². The highest BCUT2D eigenvalue weighted by Crippen LogP contribution is 2.29. The van der Waals surface area contributed by atoms with Crippen LogP contribution in [0.4, 0.5) is 0 Å². The number of aliphatic hydroxyl groups excluding tert-OH is 1. The number of benzene rings is 1. The highest BCUT2D eigenvalue weighted by atomic mass is 35.5. The predicted octanol–water partition coefficient (Wildman–Crippen LogP) is 4.48. The van der Waals surface area contributed by atoms with Gasteiger partial charge in [-0.1, -0.05) is 48.5 Å². The Kier molecular flexibility index (Phi) is 4.72. The summed E-state index contributed by atoms with van der Waals surface area (Å²) in [6.07, 6.45) is 6.41. The zero-order valence-corrected chi connectivity index (χ0v) is 11.3. The Morgan fingerprint density at radius 1 is 1.06 bits per heavy atom. The Bertz CT molecular complexity index is 378. The lowest BCUT2D eigenvalue weighted by Crippen LogP contribution is -2.20. The first kappa shape index (κ1) is 13.2. The van der Waals surface area contributed by atoms with Gasteiger partial charge in [0.05, 0.1) is 16.1 Å². The fourth-order valence-electron chi connectivity index (χ4n) is 2.57. The van der Waals surface area contributed by atoms with Crippen LogP contribution in [0.25, 0.3) is 0 Å². The van der Waals surface area contributed by atoms with Crippen LogP contribution < -0.4 is 0 Å². The van der Waals surface area contributed by atoms with Crippen LogP contribution in [0.3, 0.4) is 0 Å². The molecule has 1 aromatic rings. The molecule has 1 aliphatic rings. The Labute approximate surface area is 113 Å². The van der Waals surface area contributed by atoms with Crippen LogP contribution in [0.15, 0.2) is 18.2 Å². The normalized spacial score (nSPS) is 25.6. The maximum atomic E-state index is 10.1. The molecule has 3 heteroatoms. The Morgan fingerprint density at radius 3 is 2.59 bits per heavy atom. The average molecular weight is 273 g/mol. The lowest BCUT2D eigenvalue weighted by Gasteiger charge is -2.20. The van der Waals surface area contributed by atoms with Gasteiger partial charge in [-0.05, 0) is 42.9 Å². The number of hydrogen-bond donors (Lipinski definition) is 1. The SMILES string of the molecule is OC1CCCCCC1Cc1ccc(Cl)c(Cl)c1. The minimum Gasteiger partial charge on any atom is -0.393 e. The van der Waals surface area contributed by atoms with Crippen LogP contribution in [0.1, 0.15) is 37.7 Å². The molecule has 0 radical (unpaired) electrons. The van der Waals surface area contributed by atoms with Gasteiger partial charge in [0.15, 0.2) is 0 Å².